The number of carboxylic acid groups (broad SMARTS) is 1. The van der Waals surface area contributed by atoms with Crippen LogP contribution in [-0.4, -0.2) is 84.3 Å². The minimum Gasteiger partial charge on any atom is -0.480 e. The first-order valence-electron chi connectivity index (χ1n) is 11.2. The summed E-state index contributed by atoms with van der Waals surface area (Å²) >= 11 is 0. The quantitative estimate of drug-likeness (QED) is 0.115. The van der Waals surface area contributed by atoms with Gasteiger partial charge in [0.25, 0.3) is 0 Å². The first-order chi connectivity index (χ1) is 15.3. The van der Waals surface area contributed by atoms with Crippen LogP contribution < -0.4 is 32.7 Å². The van der Waals surface area contributed by atoms with Crippen molar-refractivity contribution < 1.29 is 29.4 Å². The molecule has 0 aromatic carbocycles. The molecular formula is C20H38N6O6. The minimum atomic E-state index is -1.23. The van der Waals surface area contributed by atoms with Crippen molar-refractivity contribution in [3.63, 3.8) is 0 Å². The summed E-state index contributed by atoms with van der Waals surface area (Å²) in [6.07, 6.45) is 4.24. The van der Waals surface area contributed by atoms with E-state index < -0.39 is 54.5 Å². The molecule has 184 valence electrons. The first kappa shape index (κ1) is 27.8. The van der Waals surface area contributed by atoms with Crippen LogP contribution in [0.2, 0.25) is 0 Å². The number of aliphatic carboxylic acids is 1. The molecule has 10 N–H and O–H groups in total. The molecule has 0 spiro atoms. The van der Waals surface area contributed by atoms with Gasteiger partial charge in [0.1, 0.15) is 18.1 Å². The second-order valence-corrected chi connectivity index (χ2v) is 7.92. The van der Waals surface area contributed by atoms with Gasteiger partial charge < -0.3 is 42.9 Å². The zero-order valence-electron chi connectivity index (χ0n) is 18.5. The molecule has 1 heterocycles. The van der Waals surface area contributed by atoms with E-state index in [1.165, 1.54) is 0 Å². The Morgan fingerprint density at radius 3 is 1.94 bits per heavy atom. The summed E-state index contributed by atoms with van der Waals surface area (Å²) in [6, 6.07) is -3.79. The summed E-state index contributed by atoms with van der Waals surface area (Å²) < 4.78 is 0. The molecule has 0 bridgehead atoms. The summed E-state index contributed by atoms with van der Waals surface area (Å²) in [4.78, 5) is 49.2. The standard InChI is InChI=1S/C20H38N6O6/c21-9-3-1-6-14(18(29)25-15(20(31)32)7-2-4-10-22)24-19(30)16(12-27)26-17(28)13-8-5-11-23-13/h13-16,23,27H,1-12,21-22H2,(H,24,30)(H,25,29)(H,26,28)(H,31,32)/t13-,14-,15-,16-/m0/s1. The lowest BCUT2D eigenvalue weighted by Crippen LogP contribution is -2.58. The van der Waals surface area contributed by atoms with Gasteiger partial charge in [0.15, 0.2) is 0 Å². The number of carboxylic acids is 1. The Kier molecular flexibility index (Phi) is 13.5. The predicted octanol–water partition coefficient (Wildman–Crippen LogP) is -2.47. The molecule has 0 aromatic rings. The average Bonchev–Trinajstić information content (AvgIpc) is 3.31. The van der Waals surface area contributed by atoms with Gasteiger partial charge in [0.05, 0.1) is 12.6 Å². The summed E-state index contributed by atoms with van der Waals surface area (Å²) in [5.74, 6) is -2.93. The van der Waals surface area contributed by atoms with E-state index in [4.69, 9.17) is 11.5 Å². The number of aliphatic hydroxyl groups excluding tert-OH is 1. The first-order valence-corrected chi connectivity index (χ1v) is 11.2. The number of unbranched alkanes of at least 4 members (excludes halogenated alkanes) is 2. The number of carbonyl (C=O) groups is 4. The van der Waals surface area contributed by atoms with Crippen LogP contribution in [0.25, 0.3) is 0 Å². The van der Waals surface area contributed by atoms with E-state index in [1.54, 1.807) is 0 Å². The number of nitrogens with two attached hydrogens (primary N) is 2. The fourth-order valence-corrected chi connectivity index (χ4v) is 3.43. The summed E-state index contributed by atoms with van der Waals surface area (Å²) in [6.45, 7) is 0.886. The van der Waals surface area contributed by atoms with Crippen molar-refractivity contribution in [2.45, 2.75) is 75.5 Å². The highest BCUT2D eigenvalue weighted by Crippen LogP contribution is 2.07. The predicted molar refractivity (Wildman–Crippen MR) is 117 cm³/mol. The Balaban J connectivity index is 2.77. The molecule has 12 heteroatoms. The Hall–Kier alpha value is -2.28. The highest BCUT2D eigenvalue weighted by molar-refractivity contribution is 5.94. The number of aliphatic hydroxyl groups is 1. The molecule has 4 atom stereocenters. The van der Waals surface area contributed by atoms with Crippen LogP contribution in [0.1, 0.15) is 51.4 Å². The third kappa shape index (κ3) is 9.90. The monoisotopic (exact) mass is 458 g/mol. The van der Waals surface area contributed by atoms with E-state index in [0.717, 1.165) is 6.42 Å². The molecule has 0 aliphatic carbocycles. The molecule has 1 rings (SSSR count). The van der Waals surface area contributed by atoms with Gasteiger partial charge in [-0.1, -0.05) is 0 Å². The molecule has 0 radical (unpaired) electrons. The van der Waals surface area contributed by atoms with E-state index >= 15 is 0 Å². The van der Waals surface area contributed by atoms with Gasteiger partial charge in [-0.2, -0.15) is 0 Å². The van der Waals surface area contributed by atoms with Crippen molar-refractivity contribution in [3.8, 4) is 0 Å². The lowest BCUT2D eigenvalue weighted by molar-refractivity contribution is -0.142. The lowest BCUT2D eigenvalue weighted by Gasteiger charge is -2.24. The molecule has 1 fully saturated rings. The maximum absolute atomic E-state index is 12.8. The van der Waals surface area contributed by atoms with Crippen molar-refractivity contribution in [2.24, 2.45) is 11.5 Å². The molecule has 1 aliphatic rings. The maximum atomic E-state index is 12.8. The van der Waals surface area contributed by atoms with E-state index in [-0.39, 0.29) is 12.8 Å². The largest absolute Gasteiger partial charge is 0.480 e. The molecule has 0 saturated carbocycles. The van der Waals surface area contributed by atoms with Gasteiger partial charge in [0, 0.05) is 0 Å². The Morgan fingerprint density at radius 2 is 1.44 bits per heavy atom. The molecule has 32 heavy (non-hydrogen) atoms. The SMILES string of the molecule is NCCCC[C@H](NC(=O)[C@H](CCCCN)NC(=O)[C@H](CO)NC(=O)[C@@H]1CCCN1)C(=O)O. The number of hydrogen-bond donors (Lipinski definition) is 8. The summed E-state index contributed by atoms with van der Waals surface area (Å²) in [7, 11) is 0. The van der Waals surface area contributed by atoms with Crippen molar-refractivity contribution in [1.29, 1.82) is 0 Å². The normalized spacial score (nSPS) is 18.4. The Labute approximate surface area is 188 Å². The van der Waals surface area contributed by atoms with Crippen LogP contribution in [0.15, 0.2) is 0 Å². The van der Waals surface area contributed by atoms with Gasteiger partial charge in [-0.15, -0.1) is 0 Å². The summed E-state index contributed by atoms with van der Waals surface area (Å²) in [5.41, 5.74) is 10.9. The van der Waals surface area contributed by atoms with Gasteiger partial charge >= 0.3 is 5.97 Å². The number of rotatable bonds is 16. The topological polar surface area (TPSA) is 209 Å². The Morgan fingerprint density at radius 1 is 0.875 bits per heavy atom. The third-order valence-electron chi connectivity index (χ3n) is 5.33. The number of amides is 3. The van der Waals surface area contributed by atoms with Gasteiger partial charge in [0.2, 0.25) is 17.7 Å². The molecule has 1 aliphatic heterocycles. The molecule has 12 nitrogen and oxygen atoms in total. The molecule has 0 aromatic heterocycles. The second kappa shape index (κ2) is 15.5. The van der Waals surface area contributed by atoms with Crippen molar-refractivity contribution in [1.82, 2.24) is 21.3 Å². The van der Waals surface area contributed by atoms with E-state index in [0.29, 0.717) is 51.7 Å². The van der Waals surface area contributed by atoms with Crippen LogP contribution >= 0.6 is 0 Å². The van der Waals surface area contributed by atoms with Crippen LogP contribution in [0.3, 0.4) is 0 Å². The van der Waals surface area contributed by atoms with E-state index in [2.05, 4.69) is 21.3 Å². The fourth-order valence-electron chi connectivity index (χ4n) is 3.43. The smallest absolute Gasteiger partial charge is 0.326 e. The van der Waals surface area contributed by atoms with Gasteiger partial charge in [-0.25, -0.2) is 4.79 Å². The number of nitrogens with one attached hydrogen (secondary N) is 4. The molecule has 0 unspecified atom stereocenters. The van der Waals surface area contributed by atoms with Gasteiger partial charge in [-0.05, 0) is 71.0 Å². The highest BCUT2D eigenvalue weighted by Gasteiger charge is 2.30. The minimum absolute atomic E-state index is 0.214. The average molecular weight is 459 g/mol. The highest BCUT2D eigenvalue weighted by atomic mass is 16.4. The molecule has 1 saturated heterocycles. The third-order valence-corrected chi connectivity index (χ3v) is 5.33. The molecular weight excluding hydrogens is 420 g/mol. The van der Waals surface area contributed by atoms with Crippen LogP contribution in [0.5, 0.6) is 0 Å². The fraction of sp³-hybridized carbons (Fsp3) is 0.800. The van der Waals surface area contributed by atoms with E-state index in [1.807, 2.05) is 0 Å². The van der Waals surface area contributed by atoms with E-state index in [9.17, 15) is 29.4 Å². The lowest BCUT2D eigenvalue weighted by atomic mass is 10.1. The van der Waals surface area contributed by atoms with Crippen molar-refractivity contribution >= 4 is 23.7 Å². The molecule has 3 amide bonds. The second-order valence-electron chi connectivity index (χ2n) is 7.92. The van der Waals surface area contributed by atoms with Crippen LogP contribution in [0.4, 0.5) is 0 Å². The van der Waals surface area contributed by atoms with Crippen LogP contribution in [0, 0.1) is 0 Å². The number of carbonyl (C=O) groups excluding carboxylic acids is 3. The van der Waals surface area contributed by atoms with Gasteiger partial charge in [-0.3, -0.25) is 14.4 Å². The zero-order chi connectivity index (χ0) is 23.9. The van der Waals surface area contributed by atoms with Crippen molar-refractivity contribution in [3.05, 3.63) is 0 Å². The Bertz CT molecular complexity index is 613. The zero-order valence-corrected chi connectivity index (χ0v) is 18.5. The maximum Gasteiger partial charge on any atom is 0.326 e. The summed E-state index contributed by atoms with van der Waals surface area (Å²) in [5, 5.41) is 29.5. The van der Waals surface area contributed by atoms with Crippen molar-refractivity contribution in [2.75, 3.05) is 26.2 Å². The van der Waals surface area contributed by atoms with Crippen LogP contribution in [-0.2, 0) is 19.2 Å². The number of hydrogen-bond acceptors (Lipinski definition) is 8.